The van der Waals surface area contributed by atoms with Gasteiger partial charge in [-0.15, -0.1) is 0 Å². The first kappa shape index (κ1) is 23.5. The van der Waals surface area contributed by atoms with Crippen molar-refractivity contribution in [2.45, 2.75) is 19.9 Å². The maximum absolute atomic E-state index is 15.0. The number of piperazine rings is 1. The number of nitrogens with zero attached hydrogens (tertiary/aromatic N) is 4. The van der Waals surface area contributed by atoms with Crippen LogP contribution < -0.4 is 25.2 Å². The fourth-order valence-electron chi connectivity index (χ4n) is 4.87. The van der Waals surface area contributed by atoms with Crippen LogP contribution in [0.1, 0.15) is 13.8 Å². The summed E-state index contributed by atoms with van der Waals surface area (Å²) in [5.74, 6) is 0.0276. The molecule has 37 heavy (non-hydrogen) atoms. The number of nitrogens with one attached hydrogen (secondary N) is 2. The predicted octanol–water partition coefficient (Wildman–Crippen LogP) is 4.93. The Morgan fingerprint density at radius 2 is 1.86 bits per heavy atom. The van der Waals surface area contributed by atoms with Crippen LogP contribution in [0.4, 0.5) is 32.0 Å². The molecule has 2 N–H and O–H groups in total. The molecule has 192 valence electrons. The molecule has 0 unspecified atom stereocenters. The molecule has 0 spiro atoms. The zero-order valence-corrected chi connectivity index (χ0v) is 20.7. The Morgan fingerprint density at radius 3 is 2.68 bits per heavy atom. The third-order valence-electron chi connectivity index (χ3n) is 6.74. The van der Waals surface area contributed by atoms with Crippen molar-refractivity contribution in [3.63, 3.8) is 0 Å². The number of ether oxygens (including phenoxy) is 1. The lowest BCUT2D eigenvalue weighted by Crippen LogP contribution is -2.43. The number of hydrogen-bond acceptors (Lipinski definition) is 8. The molecule has 0 atom stereocenters. The number of aromatic nitrogens is 2. The second-order valence-corrected chi connectivity index (χ2v) is 9.53. The van der Waals surface area contributed by atoms with Gasteiger partial charge in [-0.05, 0) is 38.1 Å². The van der Waals surface area contributed by atoms with Crippen LogP contribution in [0, 0.1) is 11.6 Å². The SMILES string of the molecule is CC(C)N1CCOc2c(F)cc(-c3nc(Nc4ccc5cc(N6CCNCC6)oc5c4)ncc3F)cc21. The molecule has 1 fully saturated rings. The molecule has 0 aliphatic carbocycles. The Morgan fingerprint density at radius 1 is 1.03 bits per heavy atom. The monoisotopic (exact) mass is 506 g/mol. The van der Waals surface area contributed by atoms with Crippen LogP contribution in [0.25, 0.3) is 22.2 Å². The highest BCUT2D eigenvalue weighted by Gasteiger charge is 2.26. The van der Waals surface area contributed by atoms with Gasteiger partial charge in [0.15, 0.2) is 23.3 Å². The number of rotatable bonds is 5. The number of anilines is 4. The third-order valence-corrected chi connectivity index (χ3v) is 6.74. The second kappa shape index (κ2) is 9.51. The van der Waals surface area contributed by atoms with Crippen molar-refractivity contribution in [2.24, 2.45) is 0 Å². The highest BCUT2D eigenvalue weighted by atomic mass is 19.1. The molecule has 0 saturated carbocycles. The minimum atomic E-state index is -0.639. The van der Waals surface area contributed by atoms with E-state index in [1.807, 2.05) is 43.0 Å². The molecule has 2 aliphatic rings. The van der Waals surface area contributed by atoms with Gasteiger partial charge in [0.25, 0.3) is 0 Å². The highest BCUT2D eigenvalue weighted by Crippen LogP contribution is 2.39. The maximum Gasteiger partial charge on any atom is 0.227 e. The molecule has 2 aliphatic heterocycles. The van der Waals surface area contributed by atoms with E-state index in [0.29, 0.717) is 30.1 Å². The number of halogens is 2. The highest BCUT2D eigenvalue weighted by molar-refractivity contribution is 5.85. The first-order valence-electron chi connectivity index (χ1n) is 12.5. The van der Waals surface area contributed by atoms with E-state index in [1.54, 1.807) is 6.07 Å². The summed E-state index contributed by atoms with van der Waals surface area (Å²) < 4.78 is 41.5. The molecule has 1 saturated heterocycles. The molecule has 4 aromatic rings. The van der Waals surface area contributed by atoms with Crippen LogP contribution in [0.15, 0.2) is 47.0 Å². The Bertz CT molecular complexity index is 1450. The lowest BCUT2D eigenvalue weighted by atomic mass is 10.1. The Kier molecular flexibility index (Phi) is 6.03. The summed E-state index contributed by atoms with van der Waals surface area (Å²) in [6.45, 7) is 8.69. The van der Waals surface area contributed by atoms with Gasteiger partial charge in [-0.1, -0.05) is 0 Å². The summed E-state index contributed by atoms with van der Waals surface area (Å²) in [7, 11) is 0. The van der Waals surface area contributed by atoms with E-state index >= 15 is 0 Å². The van der Waals surface area contributed by atoms with Crippen LogP contribution in [0.5, 0.6) is 5.75 Å². The molecule has 6 rings (SSSR count). The summed E-state index contributed by atoms with van der Waals surface area (Å²) in [6, 6.07) is 10.9. The fourth-order valence-corrected chi connectivity index (χ4v) is 4.87. The fraction of sp³-hybridized carbons (Fsp3) is 0.333. The quantitative estimate of drug-likeness (QED) is 0.395. The molecule has 10 heteroatoms. The molecular weight excluding hydrogens is 478 g/mol. The normalized spacial score (nSPS) is 15.7. The Labute approximate surface area is 213 Å². The van der Waals surface area contributed by atoms with E-state index in [0.717, 1.165) is 49.2 Å². The van der Waals surface area contributed by atoms with Gasteiger partial charge >= 0.3 is 0 Å². The first-order valence-corrected chi connectivity index (χ1v) is 12.5. The molecule has 0 bridgehead atoms. The van der Waals surface area contributed by atoms with Gasteiger partial charge in [0.05, 0.1) is 18.4 Å². The van der Waals surface area contributed by atoms with Crippen molar-refractivity contribution in [2.75, 3.05) is 54.4 Å². The third kappa shape index (κ3) is 4.53. The van der Waals surface area contributed by atoms with Crippen molar-refractivity contribution in [1.29, 1.82) is 0 Å². The van der Waals surface area contributed by atoms with Crippen LogP contribution >= 0.6 is 0 Å². The molecule has 2 aromatic carbocycles. The smallest absolute Gasteiger partial charge is 0.227 e. The lowest BCUT2D eigenvalue weighted by Gasteiger charge is -2.34. The molecule has 0 radical (unpaired) electrons. The molecule has 8 nitrogen and oxygen atoms in total. The lowest BCUT2D eigenvalue weighted by molar-refractivity contribution is 0.287. The minimum absolute atomic E-state index is 0.00792. The summed E-state index contributed by atoms with van der Waals surface area (Å²) >= 11 is 0. The number of fused-ring (bicyclic) bond motifs is 2. The van der Waals surface area contributed by atoms with Crippen LogP contribution in [0.2, 0.25) is 0 Å². The standard InChI is InChI=1S/C27H28F2N6O2/c1-16(2)35-9-10-36-26-20(28)11-18(12-22(26)35)25-21(29)15-31-27(33-25)32-19-4-3-17-13-24(37-23(17)14-19)34-7-5-30-6-8-34/h3-4,11-16,30H,5-10H2,1-2H3,(H,31,32,33). The molecule has 0 amide bonds. The van der Waals surface area contributed by atoms with Gasteiger partial charge in [0, 0.05) is 61.0 Å². The average Bonchev–Trinajstić information content (AvgIpc) is 3.33. The van der Waals surface area contributed by atoms with Crippen LogP contribution in [-0.2, 0) is 0 Å². The Balaban J connectivity index is 1.30. The van der Waals surface area contributed by atoms with Crippen LogP contribution in [-0.4, -0.2) is 55.3 Å². The van der Waals surface area contributed by atoms with Crippen molar-refractivity contribution in [3.05, 3.63) is 54.2 Å². The van der Waals surface area contributed by atoms with E-state index in [9.17, 15) is 8.78 Å². The summed E-state index contributed by atoms with van der Waals surface area (Å²) in [5.41, 5.74) is 2.34. The van der Waals surface area contributed by atoms with Crippen molar-refractivity contribution in [1.82, 2.24) is 15.3 Å². The van der Waals surface area contributed by atoms with Gasteiger partial charge in [-0.2, -0.15) is 0 Å². The van der Waals surface area contributed by atoms with Crippen LogP contribution in [0.3, 0.4) is 0 Å². The van der Waals surface area contributed by atoms with E-state index in [2.05, 4.69) is 25.5 Å². The average molecular weight is 507 g/mol. The van der Waals surface area contributed by atoms with Crippen molar-refractivity contribution >= 4 is 34.2 Å². The van der Waals surface area contributed by atoms with Gasteiger partial charge in [-0.25, -0.2) is 18.7 Å². The second-order valence-electron chi connectivity index (χ2n) is 9.53. The van der Waals surface area contributed by atoms with E-state index < -0.39 is 11.6 Å². The minimum Gasteiger partial charge on any atom is -0.486 e. The molecular formula is C27H28F2N6O2. The number of benzene rings is 2. The van der Waals surface area contributed by atoms with E-state index in [1.165, 1.54) is 6.07 Å². The van der Waals surface area contributed by atoms with Gasteiger partial charge in [0.2, 0.25) is 5.95 Å². The predicted molar refractivity (Wildman–Crippen MR) is 140 cm³/mol. The summed E-state index contributed by atoms with van der Waals surface area (Å²) in [4.78, 5) is 12.7. The summed E-state index contributed by atoms with van der Waals surface area (Å²) in [5, 5.41) is 7.45. The van der Waals surface area contributed by atoms with Crippen molar-refractivity contribution < 1.29 is 17.9 Å². The van der Waals surface area contributed by atoms with Gasteiger partial charge in [-0.3, -0.25) is 0 Å². The molecule has 2 aromatic heterocycles. The van der Waals surface area contributed by atoms with Crippen molar-refractivity contribution in [3.8, 4) is 17.0 Å². The number of hydrogen-bond donors (Lipinski definition) is 2. The Hall–Kier alpha value is -3.92. The van der Waals surface area contributed by atoms with E-state index in [4.69, 9.17) is 9.15 Å². The first-order chi connectivity index (χ1) is 18.0. The molecule has 4 heterocycles. The van der Waals surface area contributed by atoms with E-state index in [-0.39, 0.29) is 23.4 Å². The topological polar surface area (TPSA) is 78.7 Å². The summed E-state index contributed by atoms with van der Waals surface area (Å²) in [6.07, 6.45) is 1.09. The maximum atomic E-state index is 15.0. The number of furan rings is 1. The van der Waals surface area contributed by atoms with Gasteiger partial charge in [0.1, 0.15) is 17.9 Å². The van der Waals surface area contributed by atoms with Gasteiger partial charge < -0.3 is 29.6 Å². The zero-order chi connectivity index (χ0) is 25.5. The largest absolute Gasteiger partial charge is 0.486 e. The zero-order valence-electron chi connectivity index (χ0n) is 20.7.